The highest BCUT2D eigenvalue weighted by Crippen LogP contribution is 2.11. The Balaban J connectivity index is 0.000000262. The summed E-state index contributed by atoms with van der Waals surface area (Å²) in [7, 11) is 0. The maximum absolute atomic E-state index is 10.8. The van der Waals surface area contributed by atoms with Crippen molar-refractivity contribution >= 4 is 12.0 Å². The smallest absolute Gasteiger partial charge is 0.330 e. The second kappa shape index (κ2) is 8.37. The average Bonchev–Trinajstić information content (AvgIpc) is 2.47. The highest BCUT2D eigenvalue weighted by molar-refractivity contribution is 5.82. The van der Waals surface area contributed by atoms with Crippen molar-refractivity contribution in [2.24, 2.45) is 5.73 Å². The minimum Gasteiger partial charge on any atom is -0.479 e. The summed E-state index contributed by atoms with van der Waals surface area (Å²) in [5.74, 6) is -1.14. The van der Waals surface area contributed by atoms with E-state index in [1.54, 1.807) is 30.3 Å². The van der Waals surface area contributed by atoms with Gasteiger partial charge < -0.3 is 16.2 Å². The molecule has 1 unspecified atom stereocenters. The van der Waals surface area contributed by atoms with E-state index in [4.69, 9.17) is 10.8 Å². The van der Waals surface area contributed by atoms with Gasteiger partial charge in [0, 0.05) is 0 Å². The van der Waals surface area contributed by atoms with E-state index >= 15 is 0 Å². The minimum absolute atomic E-state index is 0.485. The molecule has 4 N–H and O–H groups in total. The van der Waals surface area contributed by atoms with Crippen molar-refractivity contribution in [3.8, 4) is 0 Å². The van der Waals surface area contributed by atoms with Gasteiger partial charge in [0.05, 0.1) is 0 Å². The standard InChI is InChI=1S/C9H10N2O3.C7H8/c10-9(14)11-7(8(12)13)6-4-2-1-3-5-6;1-7-5-3-2-4-6-7/h1-5,7H,(H,12,13)(H3,10,11,14);2-6H,1H3. The average molecular weight is 286 g/mol. The quantitative estimate of drug-likeness (QED) is 0.809. The number of benzene rings is 2. The molecule has 0 aromatic heterocycles. The van der Waals surface area contributed by atoms with E-state index in [0.717, 1.165) is 0 Å². The molecule has 0 bridgehead atoms. The molecule has 2 aromatic rings. The van der Waals surface area contributed by atoms with Crippen LogP contribution in [0.5, 0.6) is 0 Å². The number of carbonyl (C=O) groups excluding carboxylic acids is 1. The molecule has 0 saturated heterocycles. The van der Waals surface area contributed by atoms with Crippen LogP contribution >= 0.6 is 0 Å². The predicted octanol–water partition coefficient (Wildman–Crippen LogP) is 2.48. The zero-order valence-electron chi connectivity index (χ0n) is 11.7. The number of nitrogens with one attached hydrogen (secondary N) is 1. The second-order valence-electron chi connectivity index (χ2n) is 4.35. The molecule has 5 heteroatoms. The lowest BCUT2D eigenvalue weighted by molar-refractivity contribution is -0.139. The fourth-order valence-electron chi connectivity index (χ4n) is 1.61. The van der Waals surface area contributed by atoms with Gasteiger partial charge >= 0.3 is 12.0 Å². The third kappa shape index (κ3) is 6.24. The number of carbonyl (C=O) groups is 2. The van der Waals surface area contributed by atoms with E-state index in [9.17, 15) is 9.59 Å². The summed E-state index contributed by atoms with van der Waals surface area (Å²) in [6.45, 7) is 2.08. The van der Waals surface area contributed by atoms with Gasteiger partial charge in [-0.25, -0.2) is 9.59 Å². The number of amides is 2. The molecule has 2 aromatic carbocycles. The second-order valence-corrected chi connectivity index (χ2v) is 4.35. The number of hydrogen-bond acceptors (Lipinski definition) is 2. The zero-order valence-corrected chi connectivity index (χ0v) is 11.7. The number of carboxylic acid groups (broad SMARTS) is 1. The highest BCUT2D eigenvalue weighted by atomic mass is 16.4. The topological polar surface area (TPSA) is 92.4 Å². The zero-order chi connectivity index (χ0) is 15.7. The first kappa shape index (κ1) is 16.2. The van der Waals surface area contributed by atoms with Gasteiger partial charge in [0.1, 0.15) is 0 Å². The molecule has 0 aliphatic carbocycles. The Morgan fingerprint density at radius 1 is 1.00 bits per heavy atom. The Bertz CT molecular complexity index is 571. The van der Waals surface area contributed by atoms with Gasteiger partial charge in [0.2, 0.25) is 0 Å². The molecule has 0 radical (unpaired) electrons. The van der Waals surface area contributed by atoms with Crippen molar-refractivity contribution < 1.29 is 14.7 Å². The highest BCUT2D eigenvalue weighted by Gasteiger charge is 2.20. The minimum atomic E-state index is -1.14. The molecule has 0 spiro atoms. The molecule has 0 fully saturated rings. The summed E-state index contributed by atoms with van der Waals surface area (Å²) < 4.78 is 0. The monoisotopic (exact) mass is 286 g/mol. The summed E-state index contributed by atoms with van der Waals surface area (Å²) in [6, 6.07) is 16.7. The molecular formula is C16H18N2O3. The summed E-state index contributed by atoms with van der Waals surface area (Å²) in [5, 5.41) is 10.9. The first-order valence-corrected chi connectivity index (χ1v) is 6.36. The Kier molecular flexibility index (Phi) is 6.47. The summed E-state index contributed by atoms with van der Waals surface area (Å²) in [5.41, 5.74) is 6.66. The maximum atomic E-state index is 10.8. The lowest BCUT2D eigenvalue weighted by Crippen LogP contribution is -2.37. The molecule has 2 rings (SSSR count). The Morgan fingerprint density at radius 2 is 1.48 bits per heavy atom. The molecule has 0 saturated carbocycles. The summed E-state index contributed by atoms with van der Waals surface area (Å²) in [6.07, 6.45) is 0. The van der Waals surface area contributed by atoms with Crippen LogP contribution in [0.1, 0.15) is 17.2 Å². The molecule has 0 aliphatic rings. The van der Waals surface area contributed by atoms with Gasteiger partial charge in [-0.2, -0.15) is 0 Å². The van der Waals surface area contributed by atoms with E-state index in [1.807, 2.05) is 18.2 Å². The fraction of sp³-hybridized carbons (Fsp3) is 0.125. The fourth-order valence-corrected chi connectivity index (χ4v) is 1.61. The van der Waals surface area contributed by atoms with Crippen LogP contribution in [0.2, 0.25) is 0 Å². The molecule has 5 nitrogen and oxygen atoms in total. The molecular weight excluding hydrogens is 268 g/mol. The molecule has 1 atom stereocenters. The van der Waals surface area contributed by atoms with Crippen molar-refractivity contribution in [1.82, 2.24) is 5.32 Å². The molecule has 110 valence electrons. The lowest BCUT2D eigenvalue weighted by atomic mass is 10.1. The summed E-state index contributed by atoms with van der Waals surface area (Å²) in [4.78, 5) is 21.3. The Hall–Kier alpha value is -2.82. The van der Waals surface area contributed by atoms with E-state index in [1.165, 1.54) is 5.56 Å². The van der Waals surface area contributed by atoms with Gasteiger partial charge in [-0.3, -0.25) is 0 Å². The SMILES string of the molecule is Cc1ccccc1.NC(=O)NC(C(=O)O)c1ccccc1. The predicted molar refractivity (Wildman–Crippen MR) is 80.7 cm³/mol. The van der Waals surface area contributed by atoms with Crippen molar-refractivity contribution in [2.75, 3.05) is 0 Å². The van der Waals surface area contributed by atoms with Crippen molar-refractivity contribution in [1.29, 1.82) is 0 Å². The normalized spacial score (nSPS) is 10.7. The van der Waals surface area contributed by atoms with E-state index in [0.29, 0.717) is 5.56 Å². The van der Waals surface area contributed by atoms with Crippen LogP contribution in [0.25, 0.3) is 0 Å². The van der Waals surface area contributed by atoms with Gasteiger partial charge in [-0.05, 0) is 12.5 Å². The van der Waals surface area contributed by atoms with Crippen molar-refractivity contribution in [3.63, 3.8) is 0 Å². The first-order valence-electron chi connectivity index (χ1n) is 6.36. The molecule has 2 amide bonds. The van der Waals surface area contributed by atoms with E-state index < -0.39 is 18.0 Å². The lowest BCUT2D eigenvalue weighted by Gasteiger charge is -2.12. The largest absolute Gasteiger partial charge is 0.479 e. The maximum Gasteiger partial charge on any atom is 0.330 e. The van der Waals surface area contributed by atoms with Crippen LogP contribution in [0.4, 0.5) is 4.79 Å². The third-order valence-electron chi connectivity index (χ3n) is 2.61. The van der Waals surface area contributed by atoms with Crippen LogP contribution in [0, 0.1) is 6.92 Å². The van der Waals surface area contributed by atoms with Gasteiger partial charge in [0.15, 0.2) is 6.04 Å². The van der Waals surface area contributed by atoms with E-state index in [-0.39, 0.29) is 0 Å². The number of nitrogens with two attached hydrogens (primary N) is 1. The number of aliphatic carboxylic acids is 1. The Morgan fingerprint density at radius 3 is 1.81 bits per heavy atom. The molecule has 21 heavy (non-hydrogen) atoms. The van der Waals surface area contributed by atoms with Crippen LogP contribution in [0.3, 0.4) is 0 Å². The number of carboxylic acids is 1. The van der Waals surface area contributed by atoms with Crippen molar-refractivity contribution in [2.45, 2.75) is 13.0 Å². The number of urea groups is 1. The van der Waals surface area contributed by atoms with Crippen LogP contribution in [0.15, 0.2) is 60.7 Å². The van der Waals surface area contributed by atoms with Crippen LogP contribution < -0.4 is 11.1 Å². The summed E-state index contributed by atoms with van der Waals surface area (Å²) >= 11 is 0. The number of aryl methyl sites for hydroxylation is 1. The van der Waals surface area contributed by atoms with Gasteiger partial charge in [0.25, 0.3) is 0 Å². The van der Waals surface area contributed by atoms with Crippen LogP contribution in [-0.4, -0.2) is 17.1 Å². The van der Waals surface area contributed by atoms with Gasteiger partial charge in [-0.15, -0.1) is 0 Å². The number of hydrogen-bond donors (Lipinski definition) is 3. The third-order valence-corrected chi connectivity index (χ3v) is 2.61. The van der Waals surface area contributed by atoms with Crippen LogP contribution in [-0.2, 0) is 4.79 Å². The number of primary amides is 1. The van der Waals surface area contributed by atoms with Gasteiger partial charge in [-0.1, -0.05) is 66.2 Å². The van der Waals surface area contributed by atoms with Crippen molar-refractivity contribution in [3.05, 3.63) is 71.8 Å². The number of rotatable bonds is 3. The first-order chi connectivity index (χ1) is 10.0. The molecule has 0 aliphatic heterocycles. The van der Waals surface area contributed by atoms with E-state index in [2.05, 4.69) is 24.4 Å². The Labute approximate surface area is 123 Å². The molecule has 0 heterocycles.